The van der Waals surface area contributed by atoms with Gasteiger partial charge >= 0.3 is 0 Å². The lowest BCUT2D eigenvalue weighted by atomic mass is 10.1. The third-order valence-corrected chi connectivity index (χ3v) is 3.40. The molecule has 0 atom stereocenters. The van der Waals surface area contributed by atoms with E-state index in [0.717, 1.165) is 22.7 Å². The van der Waals surface area contributed by atoms with Crippen LogP contribution in [0.25, 0.3) is 0 Å². The van der Waals surface area contributed by atoms with Crippen LogP contribution in [-0.4, -0.2) is 22.0 Å². The Balaban J connectivity index is 2.01. The number of nitrogens with one attached hydrogen (secondary N) is 1. The second-order valence-electron chi connectivity index (χ2n) is 4.08. The Morgan fingerprint density at radius 3 is 3.05 bits per heavy atom. The molecule has 1 heterocycles. The van der Waals surface area contributed by atoms with Crippen LogP contribution < -0.4 is 11.1 Å². The van der Waals surface area contributed by atoms with Gasteiger partial charge in [0.15, 0.2) is 0 Å². The average Bonchev–Trinajstić information content (AvgIpc) is 2.89. The molecule has 0 spiro atoms. The van der Waals surface area contributed by atoms with Gasteiger partial charge in [0, 0.05) is 12.1 Å². The van der Waals surface area contributed by atoms with Crippen molar-refractivity contribution in [2.45, 2.75) is 13.5 Å². The second kappa shape index (κ2) is 6.80. The fourth-order valence-corrected chi connectivity index (χ4v) is 2.19. The van der Waals surface area contributed by atoms with Crippen molar-refractivity contribution in [3.63, 3.8) is 0 Å². The van der Waals surface area contributed by atoms with E-state index in [9.17, 15) is 4.79 Å². The number of nitrogens with zero attached hydrogens (tertiary/aromatic N) is 2. The van der Waals surface area contributed by atoms with Crippen molar-refractivity contribution in [1.29, 1.82) is 0 Å². The smallest absolute Gasteiger partial charge is 0.265 e. The Kier molecular flexibility index (Phi) is 4.82. The molecule has 102 valence electrons. The molecule has 0 unspecified atom stereocenters. The van der Waals surface area contributed by atoms with E-state index < -0.39 is 0 Å². The summed E-state index contributed by atoms with van der Waals surface area (Å²) in [4.78, 5) is 12.5. The summed E-state index contributed by atoms with van der Waals surface area (Å²) in [6, 6.07) is 7.68. The molecule has 1 aromatic heterocycles. The molecule has 5 nitrogen and oxygen atoms in total. The van der Waals surface area contributed by atoms with E-state index in [2.05, 4.69) is 26.7 Å². The minimum atomic E-state index is -0.157. The molecule has 1 amide bonds. The largest absolute Gasteiger partial charge is 0.347 e. The molecule has 0 saturated heterocycles. The Bertz CT molecular complexity index is 669. The highest BCUT2D eigenvalue weighted by Gasteiger charge is 2.12. The van der Waals surface area contributed by atoms with Crippen molar-refractivity contribution in [2.75, 3.05) is 6.54 Å². The third kappa shape index (κ3) is 3.63. The van der Waals surface area contributed by atoms with E-state index in [1.807, 2.05) is 24.3 Å². The van der Waals surface area contributed by atoms with Crippen LogP contribution in [0.4, 0.5) is 0 Å². The van der Waals surface area contributed by atoms with Crippen molar-refractivity contribution in [2.24, 2.45) is 5.73 Å². The minimum Gasteiger partial charge on any atom is -0.347 e. The predicted octanol–water partition coefficient (Wildman–Crippen LogP) is 1.09. The second-order valence-corrected chi connectivity index (χ2v) is 4.83. The molecular weight excluding hydrogens is 272 g/mol. The molecule has 2 aromatic rings. The van der Waals surface area contributed by atoms with E-state index in [1.165, 1.54) is 0 Å². The monoisotopic (exact) mass is 286 g/mol. The molecule has 20 heavy (non-hydrogen) atoms. The van der Waals surface area contributed by atoms with Crippen LogP contribution in [0.1, 0.15) is 26.5 Å². The maximum Gasteiger partial charge on any atom is 0.265 e. The van der Waals surface area contributed by atoms with Crippen LogP contribution >= 0.6 is 11.5 Å². The number of nitrogens with two attached hydrogens (primary N) is 1. The number of benzene rings is 1. The summed E-state index contributed by atoms with van der Waals surface area (Å²) in [5.41, 5.74) is 7.86. The number of carbonyl (C=O) groups is 1. The van der Waals surface area contributed by atoms with E-state index in [0.29, 0.717) is 23.7 Å². The number of rotatable bonds is 3. The fraction of sp³-hybridized carbons (Fsp3) is 0.214. The predicted molar refractivity (Wildman–Crippen MR) is 78.2 cm³/mol. The number of carbonyl (C=O) groups excluding carboxylic acids is 1. The number of aryl methyl sites for hydroxylation is 1. The van der Waals surface area contributed by atoms with Crippen molar-refractivity contribution < 1.29 is 4.79 Å². The highest BCUT2D eigenvalue weighted by molar-refractivity contribution is 7.07. The zero-order valence-corrected chi connectivity index (χ0v) is 11.8. The average molecular weight is 286 g/mol. The van der Waals surface area contributed by atoms with Gasteiger partial charge in [-0.3, -0.25) is 4.79 Å². The van der Waals surface area contributed by atoms with Crippen LogP contribution in [0.5, 0.6) is 0 Å². The summed E-state index contributed by atoms with van der Waals surface area (Å²) in [5.74, 6) is 5.61. The van der Waals surface area contributed by atoms with Crippen LogP contribution in [0, 0.1) is 18.8 Å². The van der Waals surface area contributed by atoms with Crippen LogP contribution in [-0.2, 0) is 6.54 Å². The number of hydrogen-bond acceptors (Lipinski definition) is 5. The molecule has 0 saturated carbocycles. The first-order chi connectivity index (χ1) is 9.70. The van der Waals surface area contributed by atoms with E-state index in [4.69, 9.17) is 5.73 Å². The summed E-state index contributed by atoms with van der Waals surface area (Å²) >= 11 is 1.10. The van der Waals surface area contributed by atoms with E-state index in [1.54, 1.807) is 6.92 Å². The van der Waals surface area contributed by atoms with Gasteiger partial charge in [-0.2, -0.15) is 0 Å². The summed E-state index contributed by atoms with van der Waals surface area (Å²) in [6.45, 7) is 2.54. The molecule has 0 radical (unpaired) electrons. The van der Waals surface area contributed by atoms with Gasteiger partial charge in [-0.25, -0.2) is 0 Å². The van der Waals surface area contributed by atoms with Gasteiger partial charge in [0.2, 0.25) is 0 Å². The molecule has 0 aliphatic rings. The fourth-order valence-electron chi connectivity index (χ4n) is 1.61. The number of aromatic nitrogens is 2. The van der Waals surface area contributed by atoms with Gasteiger partial charge in [-0.15, -0.1) is 5.10 Å². The Hall–Kier alpha value is -2.23. The van der Waals surface area contributed by atoms with Crippen molar-refractivity contribution in [1.82, 2.24) is 14.9 Å². The number of amides is 1. The Labute approximate surface area is 121 Å². The van der Waals surface area contributed by atoms with Gasteiger partial charge in [0.05, 0.1) is 12.2 Å². The molecule has 0 aliphatic heterocycles. The molecule has 0 bridgehead atoms. The van der Waals surface area contributed by atoms with E-state index in [-0.39, 0.29) is 5.91 Å². The number of hydrogen-bond donors (Lipinski definition) is 2. The Morgan fingerprint density at radius 1 is 1.50 bits per heavy atom. The molecule has 0 fully saturated rings. The lowest BCUT2D eigenvalue weighted by Crippen LogP contribution is -2.22. The third-order valence-electron chi connectivity index (χ3n) is 2.57. The topological polar surface area (TPSA) is 80.9 Å². The lowest BCUT2D eigenvalue weighted by Gasteiger charge is -2.04. The van der Waals surface area contributed by atoms with E-state index >= 15 is 0 Å². The first kappa shape index (κ1) is 14.2. The van der Waals surface area contributed by atoms with Gasteiger partial charge in [-0.1, -0.05) is 28.5 Å². The van der Waals surface area contributed by atoms with Crippen LogP contribution in [0.15, 0.2) is 24.3 Å². The van der Waals surface area contributed by atoms with Gasteiger partial charge in [0.25, 0.3) is 5.91 Å². The van der Waals surface area contributed by atoms with Gasteiger partial charge < -0.3 is 11.1 Å². The molecule has 0 aliphatic carbocycles. The highest BCUT2D eigenvalue weighted by Crippen LogP contribution is 2.09. The summed E-state index contributed by atoms with van der Waals surface area (Å²) < 4.78 is 3.75. The lowest BCUT2D eigenvalue weighted by molar-refractivity contribution is 0.0954. The SMILES string of the molecule is Cc1nnsc1C(=O)NCc1cccc(C#CCN)c1. The summed E-state index contributed by atoms with van der Waals surface area (Å²) in [7, 11) is 0. The Morgan fingerprint density at radius 2 is 2.35 bits per heavy atom. The van der Waals surface area contributed by atoms with Crippen LogP contribution in [0.3, 0.4) is 0 Å². The molecule has 1 aromatic carbocycles. The first-order valence-electron chi connectivity index (χ1n) is 6.05. The maximum atomic E-state index is 11.9. The quantitative estimate of drug-likeness (QED) is 0.828. The highest BCUT2D eigenvalue weighted by atomic mass is 32.1. The van der Waals surface area contributed by atoms with Gasteiger partial charge in [-0.05, 0) is 36.2 Å². The van der Waals surface area contributed by atoms with Crippen molar-refractivity contribution in [3.8, 4) is 11.8 Å². The van der Waals surface area contributed by atoms with Crippen LogP contribution in [0.2, 0.25) is 0 Å². The first-order valence-corrected chi connectivity index (χ1v) is 6.83. The minimum absolute atomic E-state index is 0.157. The summed E-state index contributed by atoms with van der Waals surface area (Å²) in [6.07, 6.45) is 0. The maximum absolute atomic E-state index is 11.9. The molecule has 6 heteroatoms. The zero-order chi connectivity index (χ0) is 14.4. The van der Waals surface area contributed by atoms with Gasteiger partial charge in [0.1, 0.15) is 4.88 Å². The zero-order valence-electron chi connectivity index (χ0n) is 11.0. The molecule has 2 rings (SSSR count). The molecule has 3 N–H and O–H groups in total. The van der Waals surface area contributed by atoms with Crippen molar-refractivity contribution >= 4 is 17.4 Å². The molecular formula is C14H14N4OS. The summed E-state index contributed by atoms with van der Waals surface area (Å²) in [5, 5.41) is 6.66. The standard InChI is InChI=1S/C14H14N4OS/c1-10-13(20-18-17-10)14(19)16-9-12-5-2-4-11(8-12)6-3-7-15/h2,4-5,8H,7,9,15H2,1H3,(H,16,19). The normalized spacial score (nSPS) is 9.70. The van der Waals surface area contributed by atoms with Crippen molar-refractivity contribution in [3.05, 3.63) is 46.0 Å².